The maximum Gasteiger partial charge on any atom is 0.317 e. The fraction of sp³-hybridized carbons (Fsp3) is 0.263. The van der Waals surface area contributed by atoms with Crippen molar-refractivity contribution in [2.24, 2.45) is 5.73 Å². The van der Waals surface area contributed by atoms with Crippen molar-refractivity contribution in [3.8, 4) is 11.8 Å². The van der Waals surface area contributed by atoms with Gasteiger partial charge in [-0.15, -0.1) is 0 Å². The molecule has 3 aromatic rings. The Hall–Kier alpha value is -2.37. The molecule has 0 aliphatic carbocycles. The molecule has 0 saturated carbocycles. The van der Waals surface area contributed by atoms with E-state index in [4.69, 9.17) is 26.8 Å². The van der Waals surface area contributed by atoms with E-state index in [1.807, 2.05) is 50.2 Å². The quantitative estimate of drug-likeness (QED) is 0.743. The van der Waals surface area contributed by atoms with E-state index < -0.39 is 6.04 Å². The van der Waals surface area contributed by atoms with Crippen molar-refractivity contribution >= 4 is 22.5 Å². The Morgan fingerprint density at radius 3 is 2.40 bits per heavy atom. The van der Waals surface area contributed by atoms with Crippen LogP contribution >= 0.6 is 11.6 Å². The standard InChI is InChI=1S/C19H20ClN3O2/c1-11(2)25-19-22-15-6-4-5-14(20)16(15)18(23-19)17(21)12-7-9-13(24-3)10-8-12/h4-11,17H,21H2,1-3H3. The fourth-order valence-electron chi connectivity index (χ4n) is 2.60. The number of fused-ring (bicyclic) bond motifs is 1. The smallest absolute Gasteiger partial charge is 0.317 e. The number of benzene rings is 2. The van der Waals surface area contributed by atoms with Crippen LogP contribution in [0.25, 0.3) is 10.9 Å². The van der Waals surface area contributed by atoms with Crippen molar-refractivity contribution in [1.29, 1.82) is 0 Å². The number of hydrogen-bond donors (Lipinski definition) is 1. The summed E-state index contributed by atoms with van der Waals surface area (Å²) in [6.45, 7) is 3.85. The van der Waals surface area contributed by atoms with Gasteiger partial charge in [-0.3, -0.25) is 0 Å². The Balaban J connectivity index is 2.14. The molecule has 0 radical (unpaired) electrons. The number of halogens is 1. The number of aromatic nitrogens is 2. The molecule has 5 nitrogen and oxygen atoms in total. The molecule has 2 N–H and O–H groups in total. The van der Waals surface area contributed by atoms with Gasteiger partial charge >= 0.3 is 6.01 Å². The van der Waals surface area contributed by atoms with E-state index in [1.165, 1.54) is 0 Å². The van der Waals surface area contributed by atoms with Crippen LogP contribution in [-0.2, 0) is 0 Å². The normalized spacial score (nSPS) is 12.4. The largest absolute Gasteiger partial charge is 0.497 e. The molecule has 25 heavy (non-hydrogen) atoms. The van der Waals surface area contributed by atoms with E-state index >= 15 is 0 Å². The van der Waals surface area contributed by atoms with Gasteiger partial charge in [0.15, 0.2) is 0 Å². The summed E-state index contributed by atoms with van der Waals surface area (Å²) in [6, 6.07) is 12.9. The molecule has 1 heterocycles. The Morgan fingerprint density at radius 1 is 1.04 bits per heavy atom. The summed E-state index contributed by atoms with van der Waals surface area (Å²) in [5.74, 6) is 0.769. The second-order valence-electron chi connectivity index (χ2n) is 5.94. The zero-order valence-electron chi connectivity index (χ0n) is 14.4. The molecule has 0 bridgehead atoms. The molecule has 1 aromatic heterocycles. The van der Waals surface area contributed by atoms with Crippen LogP contribution in [0.5, 0.6) is 11.8 Å². The summed E-state index contributed by atoms with van der Waals surface area (Å²) in [5.41, 5.74) is 8.74. The van der Waals surface area contributed by atoms with Crippen LogP contribution in [0.1, 0.15) is 31.1 Å². The van der Waals surface area contributed by atoms with Gasteiger partial charge in [-0.2, -0.15) is 9.97 Å². The Kier molecular flexibility index (Phi) is 5.06. The van der Waals surface area contributed by atoms with E-state index in [-0.39, 0.29) is 6.10 Å². The summed E-state index contributed by atoms with van der Waals surface area (Å²) in [4.78, 5) is 8.99. The van der Waals surface area contributed by atoms with Crippen LogP contribution in [0, 0.1) is 0 Å². The summed E-state index contributed by atoms with van der Waals surface area (Å²) < 4.78 is 10.9. The highest BCUT2D eigenvalue weighted by Crippen LogP contribution is 2.32. The molecule has 0 aliphatic heterocycles. The highest BCUT2D eigenvalue weighted by molar-refractivity contribution is 6.35. The van der Waals surface area contributed by atoms with E-state index in [9.17, 15) is 0 Å². The predicted octanol–water partition coefficient (Wildman–Crippen LogP) is 4.13. The summed E-state index contributed by atoms with van der Waals surface area (Å²) in [5, 5.41) is 1.30. The number of rotatable bonds is 5. The molecule has 0 fully saturated rings. The van der Waals surface area contributed by atoms with Crippen LogP contribution in [0.4, 0.5) is 0 Å². The molecule has 0 aliphatic rings. The zero-order valence-corrected chi connectivity index (χ0v) is 15.1. The molecule has 1 unspecified atom stereocenters. The highest BCUT2D eigenvalue weighted by Gasteiger charge is 2.19. The highest BCUT2D eigenvalue weighted by atomic mass is 35.5. The number of nitrogens with two attached hydrogens (primary N) is 1. The van der Waals surface area contributed by atoms with Gasteiger partial charge in [0.25, 0.3) is 0 Å². The van der Waals surface area contributed by atoms with Gasteiger partial charge in [0.1, 0.15) is 5.75 Å². The molecule has 1 atom stereocenters. The van der Waals surface area contributed by atoms with Crippen molar-refractivity contribution in [3.63, 3.8) is 0 Å². The van der Waals surface area contributed by atoms with E-state index in [0.717, 1.165) is 16.7 Å². The van der Waals surface area contributed by atoms with Crippen molar-refractivity contribution < 1.29 is 9.47 Å². The first-order valence-electron chi connectivity index (χ1n) is 8.02. The molecule has 0 spiro atoms. The minimum atomic E-state index is -0.467. The lowest BCUT2D eigenvalue weighted by Gasteiger charge is -2.17. The second-order valence-corrected chi connectivity index (χ2v) is 6.35. The molecule has 6 heteroatoms. The molecular formula is C19H20ClN3O2. The van der Waals surface area contributed by atoms with E-state index in [1.54, 1.807) is 13.2 Å². The predicted molar refractivity (Wildman–Crippen MR) is 99.3 cm³/mol. The third kappa shape index (κ3) is 3.67. The van der Waals surface area contributed by atoms with Crippen molar-refractivity contribution in [2.75, 3.05) is 7.11 Å². The molecule has 0 saturated heterocycles. The lowest BCUT2D eigenvalue weighted by Crippen LogP contribution is -2.17. The first-order valence-corrected chi connectivity index (χ1v) is 8.39. The van der Waals surface area contributed by atoms with Crippen molar-refractivity contribution in [3.05, 3.63) is 58.7 Å². The number of methoxy groups -OCH3 is 1. The van der Waals surface area contributed by atoms with Crippen molar-refractivity contribution in [1.82, 2.24) is 9.97 Å². The molecule has 130 valence electrons. The zero-order chi connectivity index (χ0) is 18.0. The van der Waals surface area contributed by atoms with E-state index in [2.05, 4.69) is 9.97 Å². The first kappa shape index (κ1) is 17.5. The third-order valence-electron chi connectivity index (χ3n) is 3.79. The second kappa shape index (κ2) is 7.25. The summed E-state index contributed by atoms with van der Waals surface area (Å²) in [6.07, 6.45) is -0.0401. The average molecular weight is 358 g/mol. The average Bonchev–Trinajstić information content (AvgIpc) is 2.60. The number of ether oxygens (including phenoxy) is 2. The molecular weight excluding hydrogens is 338 g/mol. The van der Waals surface area contributed by atoms with Gasteiger partial charge in [-0.05, 0) is 43.7 Å². The van der Waals surface area contributed by atoms with Gasteiger partial charge in [0.2, 0.25) is 0 Å². The van der Waals surface area contributed by atoms with Crippen LogP contribution in [-0.4, -0.2) is 23.2 Å². The Bertz CT molecular complexity index is 882. The Labute approximate surface area is 151 Å². The van der Waals surface area contributed by atoms with E-state index in [0.29, 0.717) is 22.2 Å². The number of nitrogens with zero attached hydrogens (tertiary/aromatic N) is 2. The molecule has 3 rings (SSSR count). The maximum absolute atomic E-state index is 6.50. The minimum absolute atomic E-state index is 0.0401. The van der Waals surface area contributed by atoms with Crippen LogP contribution in [0.2, 0.25) is 5.02 Å². The van der Waals surface area contributed by atoms with Gasteiger partial charge in [0.05, 0.1) is 35.5 Å². The summed E-state index contributed by atoms with van der Waals surface area (Å²) in [7, 11) is 1.63. The number of hydrogen-bond acceptors (Lipinski definition) is 5. The summed E-state index contributed by atoms with van der Waals surface area (Å²) >= 11 is 6.40. The van der Waals surface area contributed by atoms with Crippen LogP contribution < -0.4 is 15.2 Å². The van der Waals surface area contributed by atoms with Gasteiger partial charge in [0, 0.05) is 5.39 Å². The van der Waals surface area contributed by atoms with Gasteiger partial charge < -0.3 is 15.2 Å². The first-order chi connectivity index (χ1) is 12.0. The van der Waals surface area contributed by atoms with Gasteiger partial charge in [-0.25, -0.2) is 0 Å². The SMILES string of the molecule is COc1ccc(C(N)c2nc(OC(C)C)nc3cccc(Cl)c23)cc1. The third-order valence-corrected chi connectivity index (χ3v) is 4.11. The lowest BCUT2D eigenvalue weighted by atomic mass is 10.0. The molecule has 2 aromatic carbocycles. The van der Waals surface area contributed by atoms with Gasteiger partial charge in [-0.1, -0.05) is 29.8 Å². The Morgan fingerprint density at radius 2 is 1.76 bits per heavy atom. The topological polar surface area (TPSA) is 70.3 Å². The lowest BCUT2D eigenvalue weighted by molar-refractivity contribution is 0.222. The van der Waals surface area contributed by atoms with Crippen LogP contribution in [0.15, 0.2) is 42.5 Å². The van der Waals surface area contributed by atoms with Crippen LogP contribution in [0.3, 0.4) is 0 Å². The monoisotopic (exact) mass is 357 g/mol. The molecule has 0 amide bonds. The maximum atomic E-state index is 6.50. The fourth-order valence-corrected chi connectivity index (χ4v) is 2.87. The van der Waals surface area contributed by atoms with Crippen molar-refractivity contribution in [2.45, 2.75) is 26.0 Å². The minimum Gasteiger partial charge on any atom is -0.497 e.